The van der Waals surface area contributed by atoms with Crippen LogP contribution in [0.1, 0.15) is 59.4 Å². The van der Waals surface area contributed by atoms with Crippen LogP contribution in [0.25, 0.3) is 0 Å². The monoisotopic (exact) mass is 411 g/mol. The molecule has 29 heavy (non-hydrogen) atoms. The van der Waals surface area contributed by atoms with E-state index in [-0.39, 0.29) is 17.5 Å². The smallest absolute Gasteiger partial charge is 0.290 e. The molecule has 1 saturated heterocycles. The fraction of sp³-hybridized carbons (Fsp3) is 0.391. The summed E-state index contributed by atoms with van der Waals surface area (Å²) in [5, 5.41) is 12.5. The van der Waals surface area contributed by atoms with Gasteiger partial charge >= 0.3 is 0 Å². The summed E-state index contributed by atoms with van der Waals surface area (Å²) >= 11 is 1.31. The van der Waals surface area contributed by atoms with Gasteiger partial charge in [-0.3, -0.25) is 9.59 Å². The van der Waals surface area contributed by atoms with E-state index in [0.717, 1.165) is 18.4 Å². The normalized spacial score (nSPS) is 22.2. The van der Waals surface area contributed by atoms with Crippen LogP contribution in [0.5, 0.6) is 0 Å². The molecule has 2 aliphatic heterocycles. The lowest BCUT2D eigenvalue weighted by molar-refractivity contribution is -0.131. The van der Waals surface area contributed by atoms with Gasteiger partial charge in [-0.05, 0) is 41.3 Å². The van der Waals surface area contributed by atoms with Crippen molar-refractivity contribution in [3.05, 3.63) is 69.1 Å². The van der Waals surface area contributed by atoms with E-state index < -0.39 is 17.7 Å². The molecule has 2 aliphatic rings. The van der Waals surface area contributed by atoms with Crippen molar-refractivity contribution < 1.29 is 19.4 Å². The Hall–Kier alpha value is -2.44. The number of thiophene rings is 1. The number of carbonyl (C=O) groups excluding carboxylic acids is 2. The van der Waals surface area contributed by atoms with E-state index in [0.29, 0.717) is 23.9 Å². The summed E-state index contributed by atoms with van der Waals surface area (Å²) in [4.78, 5) is 28.2. The maximum Gasteiger partial charge on any atom is 0.290 e. The van der Waals surface area contributed by atoms with Gasteiger partial charge in [0.2, 0.25) is 5.78 Å². The van der Waals surface area contributed by atoms with Gasteiger partial charge in [-0.2, -0.15) is 0 Å². The lowest BCUT2D eigenvalue weighted by atomic mass is 9.93. The second-order valence-electron chi connectivity index (χ2n) is 7.89. The molecule has 0 spiro atoms. The second kappa shape index (κ2) is 8.13. The minimum Gasteiger partial charge on any atom is -0.503 e. The molecule has 3 heterocycles. The van der Waals surface area contributed by atoms with Crippen molar-refractivity contribution in [2.24, 2.45) is 0 Å². The van der Waals surface area contributed by atoms with Crippen molar-refractivity contribution in [2.45, 2.75) is 44.8 Å². The number of nitrogens with zero attached hydrogens (tertiary/aromatic N) is 1. The summed E-state index contributed by atoms with van der Waals surface area (Å²) in [7, 11) is 0. The maximum absolute atomic E-state index is 13.2. The summed E-state index contributed by atoms with van der Waals surface area (Å²) in [6.45, 7) is 5.28. The van der Waals surface area contributed by atoms with Gasteiger partial charge < -0.3 is 14.7 Å². The Kier molecular flexibility index (Phi) is 5.56. The van der Waals surface area contributed by atoms with E-state index in [1.807, 2.05) is 29.6 Å². The third-order valence-corrected chi connectivity index (χ3v) is 6.51. The van der Waals surface area contributed by atoms with Crippen LogP contribution in [0, 0.1) is 0 Å². The largest absolute Gasteiger partial charge is 0.503 e. The highest BCUT2D eigenvalue weighted by Gasteiger charge is 2.45. The number of benzene rings is 1. The van der Waals surface area contributed by atoms with Crippen LogP contribution in [0.2, 0.25) is 0 Å². The van der Waals surface area contributed by atoms with E-state index in [1.54, 1.807) is 17.0 Å². The van der Waals surface area contributed by atoms with Gasteiger partial charge in [0.05, 0.1) is 22.6 Å². The molecule has 1 aromatic heterocycles. The van der Waals surface area contributed by atoms with Crippen LogP contribution in [-0.4, -0.2) is 41.0 Å². The van der Waals surface area contributed by atoms with Crippen LogP contribution in [0.15, 0.2) is 53.1 Å². The standard InChI is InChI=1S/C23H25NO4S/c1-14(2)15-7-9-16(10-8-15)20-19(21(25)18-6-4-12-29-18)22(26)23(27)24(20)13-17-5-3-11-28-17/h4,6-10,12,14,17,20,26H,3,5,11,13H2,1-2H3/t17-,20-/m1/s1. The van der Waals surface area contributed by atoms with E-state index in [1.165, 1.54) is 16.9 Å². The van der Waals surface area contributed by atoms with Crippen molar-refractivity contribution in [3.63, 3.8) is 0 Å². The first kappa shape index (κ1) is 19.9. The van der Waals surface area contributed by atoms with E-state index in [2.05, 4.69) is 13.8 Å². The van der Waals surface area contributed by atoms with Crippen molar-refractivity contribution in [1.82, 2.24) is 4.90 Å². The van der Waals surface area contributed by atoms with Crippen molar-refractivity contribution >= 4 is 23.0 Å². The van der Waals surface area contributed by atoms with Crippen molar-refractivity contribution in [2.75, 3.05) is 13.2 Å². The highest BCUT2D eigenvalue weighted by atomic mass is 32.1. The molecule has 1 N–H and O–H groups in total. The molecular weight excluding hydrogens is 386 g/mol. The number of hydrogen-bond acceptors (Lipinski definition) is 5. The molecule has 4 rings (SSSR count). The van der Waals surface area contributed by atoms with Gasteiger partial charge in [-0.15, -0.1) is 11.3 Å². The molecule has 0 saturated carbocycles. The van der Waals surface area contributed by atoms with Crippen molar-refractivity contribution in [1.29, 1.82) is 0 Å². The van der Waals surface area contributed by atoms with Gasteiger partial charge in [-0.1, -0.05) is 44.2 Å². The highest BCUT2D eigenvalue weighted by Crippen LogP contribution is 2.40. The van der Waals surface area contributed by atoms with Crippen molar-refractivity contribution in [3.8, 4) is 0 Å². The number of hydrogen-bond donors (Lipinski definition) is 1. The van der Waals surface area contributed by atoms with Crippen LogP contribution in [-0.2, 0) is 9.53 Å². The Morgan fingerprint density at radius 2 is 2.03 bits per heavy atom. The zero-order chi connectivity index (χ0) is 20.5. The maximum atomic E-state index is 13.2. The first-order chi connectivity index (χ1) is 14.0. The average molecular weight is 412 g/mol. The zero-order valence-electron chi connectivity index (χ0n) is 16.6. The Labute approximate surface area is 174 Å². The summed E-state index contributed by atoms with van der Waals surface area (Å²) in [6, 6.07) is 10.9. The molecule has 0 aliphatic carbocycles. The summed E-state index contributed by atoms with van der Waals surface area (Å²) < 4.78 is 5.72. The van der Waals surface area contributed by atoms with Gasteiger partial charge in [0.1, 0.15) is 0 Å². The number of carbonyl (C=O) groups is 2. The lowest BCUT2D eigenvalue weighted by Crippen LogP contribution is -2.37. The molecule has 2 atom stereocenters. The fourth-order valence-electron chi connectivity index (χ4n) is 4.03. The van der Waals surface area contributed by atoms with Crippen LogP contribution in [0.4, 0.5) is 0 Å². The number of ketones is 1. The Bertz CT molecular complexity index is 924. The summed E-state index contributed by atoms with van der Waals surface area (Å²) in [5.74, 6) is -0.857. The van der Waals surface area contributed by atoms with Crippen LogP contribution >= 0.6 is 11.3 Å². The molecular formula is C23H25NO4S. The molecule has 5 nitrogen and oxygen atoms in total. The van der Waals surface area contributed by atoms with Crippen LogP contribution in [0.3, 0.4) is 0 Å². The Balaban J connectivity index is 1.74. The molecule has 1 amide bonds. The lowest BCUT2D eigenvalue weighted by Gasteiger charge is -2.29. The first-order valence-electron chi connectivity index (χ1n) is 10.0. The Morgan fingerprint density at radius 3 is 2.62 bits per heavy atom. The Morgan fingerprint density at radius 1 is 1.28 bits per heavy atom. The van der Waals surface area contributed by atoms with Gasteiger partial charge in [0.25, 0.3) is 5.91 Å². The molecule has 6 heteroatoms. The number of aliphatic hydroxyl groups is 1. The average Bonchev–Trinajstić information content (AvgIpc) is 3.46. The molecule has 2 aromatic rings. The van der Waals surface area contributed by atoms with E-state index >= 15 is 0 Å². The molecule has 1 fully saturated rings. The third kappa shape index (κ3) is 3.74. The predicted octanol–water partition coefficient (Wildman–Crippen LogP) is 4.63. The minimum atomic E-state index is -0.609. The van der Waals surface area contributed by atoms with E-state index in [4.69, 9.17) is 4.74 Å². The molecule has 0 bridgehead atoms. The topological polar surface area (TPSA) is 66.8 Å². The molecule has 152 valence electrons. The third-order valence-electron chi connectivity index (χ3n) is 5.64. The second-order valence-corrected chi connectivity index (χ2v) is 8.83. The molecule has 1 aromatic carbocycles. The quantitative estimate of drug-likeness (QED) is 0.704. The number of rotatable bonds is 6. The molecule has 0 unspecified atom stereocenters. The SMILES string of the molecule is CC(C)c1ccc([C@@H]2C(C(=O)c3cccs3)=C(O)C(=O)N2C[C@H]2CCCO2)cc1. The fourth-order valence-corrected chi connectivity index (χ4v) is 4.71. The predicted molar refractivity (Wildman–Crippen MR) is 112 cm³/mol. The van der Waals surface area contributed by atoms with Gasteiger partial charge in [-0.25, -0.2) is 0 Å². The zero-order valence-corrected chi connectivity index (χ0v) is 17.4. The number of amides is 1. The highest BCUT2D eigenvalue weighted by molar-refractivity contribution is 7.12. The minimum absolute atomic E-state index is 0.0691. The first-order valence-corrected chi connectivity index (χ1v) is 10.9. The van der Waals surface area contributed by atoms with E-state index in [9.17, 15) is 14.7 Å². The van der Waals surface area contributed by atoms with Crippen LogP contribution < -0.4 is 0 Å². The molecule has 0 radical (unpaired) electrons. The summed E-state index contributed by atoms with van der Waals surface area (Å²) in [5.41, 5.74) is 2.17. The van der Waals surface area contributed by atoms with Gasteiger partial charge in [0.15, 0.2) is 5.76 Å². The van der Waals surface area contributed by atoms with Gasteiger partial charge in [0, 0.05) is 13.2 Å². The summed E-state index contributed by atoms with van der Waals surface area (Å²) in [6.07, 6.45) is 1.76. The number of Topliss-reactive ketones (excluding diaryl/α,β-unsaturated/α-hetero) is 1. The number of aliphatic hydroxyl groups excluding tert-OH is 1. The number of ether oxygens (including phenoxy) is 1.